The van der Waals surface area contributed by atoms with Crippen molar-refractivity contribution in [1.29, 1.82) is 0 Å². The Morgan fingerprint density at radius 1 is 1.24 bits per heavy atom. The third kappa shape index (κ3) is 3.57. The third-order valence-electron chi connectivity index (χ3n) is 4.09. The molecule has 1 atom stereocenters. The van der Waals surface area contributed by atoms with Crippen molar-refractivity contribution in [2.75, 3.05) is 20.1 Å². The van der Waals surface area contributed by atoms with E-state index in [4.69, 9.17) is 4.42 Å². The summed E-state index contributed by atoms with van der Waals surface area (Å²) in [5.74, 6) is 2.00. The van der Waals surface area contributed by atoms with Crippen molar-refractivity contribution in [2.45, 2.75) is 25.4 Å². The molecule has 0 saturated carbocycles. The Labute approximate surface area is 134 Å². The van der Waals surface area contributed by atoms with Crippen molar-refractivity contribution in [3.63, 3.8) is 0 Å². The Morgan fingerprint density at radius 3 is 2.81 bits per heavy atom. The lowest BCUT2D eigenvalue weighted by molar-refractivity contribution is 0.224. The second-order valence-corrected chi connectivity index (χ2v) is 6.51. The molecular formula is C17H21BrN2O. The highest BCUT2D eigenvalue weighted by molar-refractivity contribution is 9.10. The minimum atomic E-state index is 0.635. The first-order chi connectivity index (χ1) is 10.3. The maximum atomic E-state index is 6.02. The zero-order valence-corrected chi connectivity index (χ0v) is 13.9. The molecule has 0 aliphatic carbocycles. The van der Waals surface area contributed by atoms with E-state index < -0.39 is 0 Å². The van der Waals surface area contributed by atoms with Crippen LogP contribution in [0.5, 0.6) is 0 Å². The van der Waals surface area contributed by atoms with E-state index in [1.165, 1.54) is 19.4 Å². The molecule has 1 aliphatic rings. The van der Waals surface area contributed by atoms with Crippen molar-refractivity contribution in [2.24, 2.45) is 0 Å². The molecule has 4 heteroatoms. The number of halogens is 1. The van der Waals surface area contributed by atoms with Crippen LogP contribution in [-0.2, 0) is 6.54 Å². The quantitative estimate of drug-likeness (QED) is 0.888. The average molecular weight is 349 g/mol. The molecule has 3 nitrogen and oxygen atoms in total. The number of nitrogens with zero attached hydrogens (tertiary/aromatic N) is 1. The number of hydrogen-bond donors (Lipinski definition) is 1. The van der Waals surface area contributed by atoms with E-state index in [-0.39, 0.29) is 0 Å². The molecule has 3 rings (SSSR count). The molecule has 21 heavy (non-hydrogen) atoms. The monoisotopic (exact) mass is 348 g/mol. The Kier molecular flexibility index (Phi) is 4.78. The fourth-order valence-corrected chi connectivity index (χ4v) is 3.27. The average Bonchev–Trinajstić information content (AvgIpc) is 3.11. The third-order valence-corrected chi connectivity index (χ3v) is 4.62. The first kappa shape index (κ1) is 14.8. The summed E-state index contributed by atoms with van der Waals surface area (Å²) in [5, 5.41) is 3.29. The summed E-state index contributed by atoms with van der Waals surface area (Å²) < 4.78 is 7.11. The standard InChI is InChI=1S/C17H21BrN2O/c1-19-11-15-3-2-10-20(15)12-16-8-9-17(21-16)13-4-6-14(18)7-5-13/h4-9,15,19H,2-3,10-12H2,1H3. The van der Waals surface area contributed by atoms with Crippen LogP contribution >= 0.6 is 15.9 Å². The lowest BCUT2D eigenvalue weighted by atomic mass is 10.2. The van der Waals surface area contributed by atoms with Gasteiger partial charge >= 0.3 is 0 Å². The number of hydrogen-bond acceptors (Lipinski definition) is 3. The molecule has 1 fully saturated rings. The van der Waals surface area contributed by atoms with Crippen LogP contribution in [-0.4, -0.2) is 31.1 Å². The number of benzene rings is 1. The van der Waals surface area contributed by atoms with Gasteiger partial charge in [-0.15, -0.1) is 0 Å². The van der Waals surface area contributed by atoms with Crippen LogP contribution in [0.25, 0.3) is 11.3 Å². The van der Waals surface area contributed by atoms with Crippen LogP contribution in [0.15, 0.2) is 45.3 Å². The summed E-state index contributed by atoms with van der Waals surface area (Å²) in [6.07, 6.45) is 2.56. The van der Waals surface area contributed by atoms with Gasteiger partial charge in [0.25, 0.3) is 0 Å². The van der Waals surface area contributed by atoms with E-state index >= 15 is 0 Å². The Bertz CT molecular complexity index is 579. The summed E-state index contributed by atoms with van der Waals surface area (Å²) in [4.78, 5) is 2.51. The molecular weight excluding hydrogens is 328 g/mol. The van der Waals surface area contributed by atoms with Crippen LogP contribution in [0.2, 0.25) is 0 Å². The van der Waals surface area contributed by atoms with E-state index in [2.05, 4.69) is 50.4 Å². The van der Waals surface area contributed by atoms with Gasteiger partial charge in [0, 0.05) is 22.6 Å². The molecule has 1 aromatic carbocycles. The fourth-order valence-electron chi connectivity index (χ4n) is 3.00. The highest BCUT2D eigenvalue weighted by atomic mass is 79.9. The normalized spacial score (nSPS) is 19.2. The second-order valence-electron chi connectivity index (χ2n) is 5.60. The van der Waals surface area contributed by atoms with Crippen LogP contribution < -0.4 is 5.32 Å². The van der Waals surface area contributed by atoms with Crippen LogP contribution in [0, 0.1) is 0 Å². The predicted molar refractivity (Wildman–Crippen MR) is 89.2 cm³/mol. The SMILES string of the molecule is CNCC1CCCN1Cc1ccc(-c2ccc(Br)cc2)o1. The maximum absolute atomic E-state index is 6.02. The maximum Gasteiger partial charge on any atom is 0.134 e. The van der Waals surface area contributed by atoms with E-state index in [0.717, 1.165) is 34.6 Å². The van der Waals surface area contributed by atoms with Crippen molar-refractivity contribution in [3.05, 3.63) is 46.6 Å². The number of likely N-dealkylation sites (N-methyl/N-ethyl adjacent to an activating group) is 1. The highest BCUT2D eigenvalue weighted by Gasteiger charge is 2.24. The number of likely N-dealkylation sites (tertiary alicyclic amines) is 1. The minimum absolute atomic E-state index is 0.635. The molecule has 1 saturated heterocycles. The number of furan rings is 1. The summed E-state index contributed by atoms with van der Waals surface area (Å²) in [5.41, 5.74) is 1.12. The van der Waals surface area contributed by atoms with Gasteiger partial charge in [0.2, 0.25) is 0 Å². The molecule has 0 amide bonds. The van der Waals surface area contributed by atoms with Gasteiger partial charge in [-0.1, -0.05) is 28.1 Å². The van der Waals surface area contributed by atoms with Crippen molar-refractivity contribution >= 4 is 15.9 Å². The van der Waals surface area contributed by atoms with Crippen LogP contribution in [0.1, 0.15) is 18.6 Å². The minimum Gasteiger partial charge on any atom is -0.460 e. The van der Waals surface area contributed by atoms with E-state index in [1.807, 2.05) is 19.2 Å². The van der Waals surface area contributed by atoms with Gasteiger partial charge in [-0.2, -0.15) is 0 Å². The van der Waals surface area contributed by atoms with Gasteiger partial charge in [-0.05, 0) is 50.7 Å². The Balaban J connectivity index is 1.69. The van der Waals surface area contributed by atoms with Gasteiger partial charge in [0.05, 0.1) is 6.54 Å². The Morgan fingerprint density at radius 2 is 2.05 bits per heavy atom. The second kappa shape index (κ2) is 6.77. The number of nitrogens with one attached hydrogen (secondary N) is 1. The van der Waals surface area contributed by atoms with Crippen molar-refractivity contribution < 1.29 is 4.42 Å². The summed E-state index contributed by atoms with van der Waals surface area (Å²) >= 11 is 3.46. The smallest absolute Gasteiger partial charge is 0.134 e. The molecule has 2 heterocycles. The lowest BCUT2D eigenvalue weighted by Crippen LogP contribution is -2.36. The van der Waals surface area contributed by atoms with Gasteiger partial charge in [0.1, 0.15) is 11.5 Å². The molecule has 1 aliphatic heterocycles. The summed E-state index contributed by atoms with van der Waals surface area (Å²) in [6, 6.07) is 13.0. The first-order valence-electron chi connectivity index (χ1n) is 7.49. The molecule has 1 N–H and O–H groups in total. The van der Waals surface area contributed by atoms with Gasteiger partial charge in [-0.3, -0.25) is 4.90 Å². The molecule has 2 aromatic rings. The van der Waals surface area contributed by atoms with Crippen molar-refractivity contribution in [1.82, 2.24) is 10.2 Å². The molecule has 0 bridgehead atoms. The topological polar surface area (TPSA) is 28.4 Å². The van der Waals surface area contributed by atoms with E-state index in [1.54, 1.807) is 0 Å². The largest absolute Gasteiger partial charge is 0.460 e. The van der Waals surface area contributed by atoms with Crippen molar-refractivity contribution in [3.8, 4) is 11.3 Å². The van der Waals surface area contributed by atoms with Crippen LogP contribution in [0.4, 0.5) is 0 Å². The lowest BCUT2D eigenvalue weighted by Gasteiger charge is -2.22. The number of rotatable bonds is 5. The fraction of sp³-hybridized carbons (Fsp3) is 0.412. The molecule has 0 radical (unpaired) electrons. The first-order valence-corrected chi connectivity index (χ1v) is 8.29. The predicted octanol–water partition coefficient (Wildman–Crippen LogP) is 3.89. The molecule has 1 aromatic heterocycles. The zero-order valence-electron chi connectivity index (χ0n) is 12.3. The molecule has 1 unspecified atom stereocenters. The van der Waals surface area contributed by atoms with E-state index in [0.29, 0.717) is 6.04 Å². The Hall–Kier alpha value is -1.10. The molecule has 0 spiro atoms. The summed E-state index contributed by atoms with van der Waals surface area (Å²) in [6.45, 7) is 3.13. The summed E-state index contributed by atoms with van der Waals surface area (Å²) in [7, 11) is 2.02. The van der Waals surface area contributed by atoms with E-state index in [9.17, 15) is 0 Å². The molecule has 112 valence electrons. The zero-order chi connectivity index (χ0) is 14.7. The van der Waals surface area contributed by atoms with Gasteiger partial charge in [-0.25, -0.2) is 0 Å². The van der Waals surface area contributed by atoms with Crippen LogP contribution in [0.3, 0.4) is 0 Å². The van der Waals surface area contributed by atoms with Gasteiger partial charge in [0.15, 0.2) is 0 Å². The van der Waals surface area contributed by atoms with Gasteiger partial charge < -0.3 is 9.73 Å². The highest BCUT2D eigenvalue weighted by Crippen LogP contribution is 2.26.